The minimum atomic E-state index is -0.885. The van der Waals surface area contributed by atoms with Crippen LogP contribution in [0.3, 0.4) is 0 Å². The van der Waals surface area contributed by atoms with E-state index in [4.69, 9.17) is 4.74 Å². The summed E-state index contributed by atoms with van der Waals surface area (Å²) in [5.74, 6) is -0.805. The van der Waals surface area contributed by atoms with Gasteiger partial charge in [0.15, 0.2) is 10.8 Å². The maximum atomic E-state index is 11.6. The van der Waals surface area contributed by atoms with E-state index in [2.05, 4.69) is 30.0 Å². The molecule has 10 nitrogen and oxygen atoms in total. The molecule has 1 amide bonds. The molecule has 0 atom stereocenters. The Morgan fingerprint density at radius 1 is 1.33 bits per heavy atom. The molecule has 0 bridgehead atoms. The van der Waals surface area contributed by atoms with Crippen LogP contribution in [0, 0.1) is 0 Å². The number of hydrogen-bond donors (Lipinski definition) is 1. The second kappa shape index (κ2) is 9.00. The minimum absolute atomic E-state index is 0.161. The summed E-state index contributed by atoms with van der Waals surface area (Å²) < 4.78 is 11.8. The number of carbonyl (C=O) groups excluding carboxylic acids is 2. The fraction of sp³-hybridized carbons (Fsp3) is 0.562. The SMILES string of the molecule is CCOC(=O)C(=O)NCCn1ncc2c(N3CCOCC3)nc(SC)nc21. The van der Waals surface area contributed by atoms with Crippen molar-refractivity contribution in [2.75, 3.05) is 50.6 Å². The number of nitrogens with one attached hydrogen (secondary N) is 1. The van der Waals surface area contributed by atoms with E-state index in [0.717, 1.165) is 24.3 Å². The van der Waals surface area contributed by atoms with Gasteiger partial charge in [-0.15, -0.1) is 0 Å². The zero-order chi connectivity index (χ0) is 19.2. The van der Waals surface area contributed by atoms with E-state index >= 15 is 0 Å². The van der Waals surface area contributed by atoms with E-state index in [-0.39, 0.29) is 13.2 Å². The Hall–Kier alpha value is -2.40. The fourth-order valence-corrected chi connectivity index (χ4v) is 3.09. The van der Waals surface area contributed by atoms with Crippen LogP contribution < -0.4 is 10.2 Å². The highest BCUT2D eigenvalue weighted by atomic mass is 32.2. The number of hydrogen-bond acceptors (Lipinski definition) is 9. The van der Waals surface area contributed by atoms with Crippen molar-refractivity contribution in [2.45, 2.75) is 18.6 Å². The molecule has 0 spiro atoms. The molecule has 0 aromatic carbocycles. The number of anilines is 1. The van der Waals surface area contributed by atoms with Gasteiger partial charge in [0.05, 0.1) is 37.9 Å². The zero-order valence-corrected chi connectivity index (χ0v) is 16.1. The van der Waals surface area contributed by atoms with Crippen LogP contribution >= 0.6 is 11.8 Å². The summed E-state index contributed by atoms with van der Waals surface area (Å²) in [5, 5.41) is 8.42. The first-order valence-corrected chi connectivity index (χ1v) is 9.91. The van der Waals surface area contributed by atoms with Crippen LogP contribution in [0.4, 0.5) is 5.82 Å². The van der Waals surface area contributed by atoms with Crippen LogP contribution in [0.5, 0.6) is 0 Å². The summed E-state index contributed by atoms with van der Waals surface area (Å²) in [6, 6.07) is 0. The summed E-state index contributed by atoms with van der Waals surface area (Å²) in [7, 11) is 0. The molecule has 0 aliphatic carbocycles. The molecule has 1 aliphatic rings. The zero-order valence-electron chi connectivity index (χ0n) is 15.3. The Kier molecular flexibility index (Phi) is 6.45. The van der Waals surface area contributed by atoms with Crippen molar-refractivity contribution in [3.05, 3.63) is 6.20 Å². The lowest BCUT2D eigenvalue weighted by Crippen LogP contribution is -2.37. The van der Waals surface area contributed by atoms with Gasteiger partial charge < -0.3 is 19.7 Å². The molecule has 1 fully saturated rings. The standard InChI is InChI=1S/C16H22N6O4S/c1-3-26-15(24)14(23)17-4-5-22-13-11(10-18-22)12(19-16(20-13)27-2)21-6-8-25-9-7-21/h10H,3-9H2,1-2H3,(H,17,23). The molecule has 2 aromatic rings. The Balaban J connectivity index is 1.76. The number of rotatable bonds is 6. The van der Waals surface area contributed by atoms with E-state index in [1.165, 1.54) is 11.8 Å². The number of morpholine rings is 1. The molecule has 0 unspecified atom stereocenters. The Morgan fingerprint density at radius 3 is 2.81 bits per heavy atom. The monoisotopic (exact) mass is 394 g/mol. The average Bonchev–Trinajstić information content (AvgIpc) is 3.11. The second-order valence-electron chi connectivity index (χ2n) is 5.71. The van der Waals surface area contributed by atoms with Crippen LogP contribution in [-0.2, 0) is 25.6 Å². The Labute approximate surface area is 160 Å². The Bertz CT molecular complexity index is 821. The van der Waals surface area contributed by atoms with Crippen molar-refractivity contribution in [1.29, 1.82) is 0 Å². The van der Waals surface area contributed by atoms with Gasteiger partial charge in [0.1, 0.15) is 5.82 Å². The number of amides is 1. The second-order valence-corrected chi connectivity index (χ2v) is 6.49. The van der Waals surface area contributed by atoms with Crippen molar-refractivity contribution in [1.82, 2.24) is 25.1 Å². The molecule has 27 heavy (non-hydrogen) atoms. The maximum Gasteiger partial charge on any atom is 0.396 e. The Morgan fingerprint density at radius 2 is 2.11 bits per heavy atom. The lowest BCUT2D eigenvalue weighted by atomic mass is 10.3. The van der Waals surface area contributed by atoms with E-state index in [1.54, 1.807) is 17.8 Å². The molecule has 3 heterocycles. The van der Waals surface area contributed by atoms with Crippen molar-refractivity contribution in [3.8, 4) is 0 Å². The molecule has 146 valence electrons. The largest absolute Gasteiger partial charge is 0.459 e. The first-order valence-electron chi connectivity index (χ1n) is 8.69. The van der Waals surface area contributed by atoms with Gasteiger partial charge in [0.2, 0.25) is 0 Å². The third-order valence-corrected chi connectivity index (χ3v) is 4.57. The highest BCUT2D eigenvalue weighted by molar-refractivity contribution is 7.98. The van der Waals surface area contributed by atoms with Gasteiger partial charge in [-0.05, 0) is 13.2 Å². The first kappa shape index (κ1) is 19.4. The van der Waals surface area contributed by atoms with Gasteiger partial charge >= 0.3 is 11.9 Å². The average molecular weight is 394 g/mol. The quantitative estimate of drug-likeness (QED) is 0.315. The maximum absolute atomic E-state index is 11.6. The third kappa shape index (κ3) is 4.48. The van der Waals surface area contributed by atoms with Crippen LogP contribution in [0.1, 0.15) is 6.92 Å². The highest BCUT2D eigenvalue weighted by Gasteiger charge is 2.20. The minimum Gasteiger partial charge on any atom is -0.459 e. The van der Waals surface area contributed by atoms with Gasteiger partial charge in [0, 0.05) is 19.6 Å². The summed E-state index contributed by atoms with van der Waals surface area (Å²) >= 11 is 1.46. The number of esters is 1. The van der Waals surface area contributed by atoms with Gasteiger partial charge in [-0.2, -0.15) is 5.10 Å². The fourth-order valence-electron chi connectivity index (χ4n) is 2.74. The highest BCUT2D eigenvalue weighted by Crippen LogP contribution is 2.26. The van der Waals surface area contributed by atoms with E-state index in [1.807, 2.05) is 6.26 Å². The lowest BCUT2D eigenvalue weighted by Gasteiger charge is -2.28. The number of thioether (sulfide) groups is 1. The van der Waals surface area contributed by atoms with E-state index < -0.39 is 11.9 Å². The molecule has 0 radical (unpaired) electrons. The van der Waals surface area contributed by atoms with Crippen LogP contribution in [0.25, 0.3) is 11.0 Å². The molecular formula is C16H22N6O4S. The molecule has 1 aliphatic heterocycles. The molecule has 3 rings (SSSR count). The third-order valence-electron chi connectivity index (χ3n) is 4.02. The topological polar surface area (TPSA) is 111 Å². The van der Waals surface area contributed by atoms with E-state index in [9.17, 15) is 9.59 Å². The smallest absolute Gasteiger partial charge is 0.396 e. The number of carbonyl (C=O) groups is 2. The summed E-state index contributed by atoms with van der Waals surface area (Å²) in [4.78, 5) is 34.4. The van der Waals surface area contributed by atoms with Gasteiger partial charge in [-0.3, -0.25) is 4.79 Å². The first-order chi connectivity index (χ1) is 13.1. The molecule has 2 aromatic heterocycles. The van der Waals surface area contributed by atoms with Crippen LogP contribution in [0.2, 0.25) is 0 Å². The van der Waals surface area contributed by atoms with Gasteiger partial charge in [-0.1, -0.05) is 11.8 Å². The molecule has 1 N–H and O–H groups in total. The number of nitrogens with zero attached hydrogens (tertiary/aromatic N) is 5. The summed E-state index contributed by atoms with van der Waals surface area (Å²) in [6.45, 7) is 5.27. The van der Waals surface area contributed by atoms with Crippen molar-refractivity contribution in [3.63, 3.8) is 0 Å². The molecular weight excluding hydrogens is 372 g/mol. The van der Waals surface area contributed by atoms with Crippen molar-refractivity contribution in [2.24, 2.45) is 0 Å². The molecule has 11 heteroatoms. The summed E-state index contributed by atoms with van der Waals surface area (Å²) in [6.07, 6.45) is 3.65. The van der Waals surface area contributed by atoms with Crippen LogP contribution in [-0.4, -0.2) is 77.3 Å². The van der Waals surface area contributed by atoms with Gasteiger partial charge in [-0.25, -0.2) is 19.4 Å². The lowest BCUT2D eigenvalue weighted by molar-refractivity contribution is -0.154. The normalized spacial score (nSPS) is 14.4. The van der Waals surface area contributed by atoms with E-state index in [0.29, 0.717) is 30.6 Å². The van der Waals surface area contributed by atoms with Crippen molar-refractivity contribution < 1.29 is 19.1 Å². The summed E-state index contributed by atoms with van der Waals surface area (Å²) in [5.41, 5.74) is 0.696. The predicted molar refractivity (Wildman–Crippen MR) is 99.8 cm³/mol. The predicted octanol–water partition coefficient (Wildman–Crippen LogP) is 0.0641. The number of ether oxygens (including phenoxy) is 2. The number of fused-ring (bicyclic) bond motifs is 1. The molecule has 1 saturated heterocycles. The van der Waals surface area contributed by atoms with Crippen molar-refractivity contribution >= 4 is 40.5 Å². The van der Waals surface area contributed by atoms with Gasteiger partial charge in [0.25, 0.3) is 0 Å². The van der Waals surface area contributed by atoms with Crippen LogP contribution in [0.15, 0.2) is 11.4 Å². The number of aromatic nitrogens is 4. The molecule has 0 saturated carbocycles.